The van der Waals surface area contributed by atoms with Gasteiger partial charge in [0.1, 0.15) is 5.78 Å². The number of Topliss-reactive ketones (excluding diaryl/α,β-unsaturated/α-hetero) is 1. The van der Waals surface area contributed by atoms with E-state index in [9.17, 15) is 19.8 Å². The van der Waals surface area contributed by atoms with Gasteiger partial charge in [0, 0.05) is 19.3 Å². The average molecular weight is 354 g/mol. The highest BCUT2D eigenvalue weighted by Crippen LogP contribution is 2.38. The van der Waals surface area contributed by atoms with Gasteiger partial charge in [-0.15, -0.1) is 0 Å². The molecule has 5 heteroatoms. The van der Waals surface area contributed by atoms with Crippen LogP contribution in [0.5, 0.6) is 0 Å². The predicted molar refractivity (Wildman–Crippen MR) is 97.2 cm³/mol. The van der Waals surface area contributed by atoms with Crippen molar-refractivity contribution in [2.75, 3.05) is 0 Å². The molecule has 1 aliphatic carbocycles. The van der Waals surface area contributed by atoms with Crippen LogP contribution in [0, 0.1) is 11.8 Å². The lowest BCUT2D eigenvalue weighted by Gasteiger charge is -2.22. The molecule has 0 aromatic rings. The van der Waals surface area contributed by atoms with E-state index in [1.807, 2.05) is 12.2 Å². The van der Waals surface area contributed by atoms with Crippen molar-refractivity contribution in [3.63, 3.8) is 0 Å². The standard InChI is InChI=1S/C20H34O5/c1-2-3-6-9-15(21)12-13-17-16(18(22)14-19(17)23)10-7-4-5-8-11-20(24)25/h4,7,16-19,22-23H,2-3,5-6,8-14H2,1H3,(H,24,25)/b7-4+/t16-,17-,18-,19+/m1/s1. The molecule has 0 unspecified atom stereocenters. The molecule has 5 nitrogen and oxygen atoms in total. The number of allylic oxidation sites excluding steroid dienone is 2. The zero-order valence-corrected chi connectivity index (χ0v) is 15.4. The van der Waals surface area contributed by atoms with Crippen molar-refractivity contribution in [1.82, 2.24) is 0 Å². The maximum atomic E-state index is 12.0. The largest absolute Gasteiger partial charge is 0.481 e. The third-order valence-corrected chi connectivity index (χ3v) is 5.17. The molecule has 0 aromatic heterocycles. The number of aliphatic hydroxyl groups is 2. The fourth-order valence-electron chi connectivity index (χ4n) is 3.67. The highest BCUT2D eigenvalue weighted by molar-refractivity contribution is 5.78. The van der Waals surface area contributed by atoms with Gasteiger partial charge in [-0.1, -0.05) is 31.9 Å². The average Bonchev–Trinajstić information content (AvgIpc) is 2.82. The molecule has 0 amide bonds. The van der Waals surface area contributed by atoms with Gasteiger partial charge < -0.3 is 15.3 Å². The molecule has 1 aliphatic rings. The lowest BCUT2D eigenvalue weighted by atomic mass is 9.86. The molecule has 1 saturated carbocycles. The Morgan fingerprint density at radius 1 is 0.960 bits per heavy atom. The van der Waals surface area contributed by atoms with Gasteiger partial charge in [-0.05, 0) is 50.4 Å². The molecule has 0 aliphatic heterocycles. The minimum absolute atomic E-state index is 0.0193. The van der Waals surface area contributed by atoms with Crippen LogP contribution in [0.1, 0.15) is 77.6 Å². The van der Waals surface area contributed by atoms with Crippen LogP contribution in [0.15, 0.2) is 12.2 Å². The van der Waals surface area contributed by atoms with Crippen LogP contribution in [0.25, 0.3) is 0 Å². The molecule has 0 spiro atoms. The number of unbranched alkanes of at least 4 members (excludes halogenated alkanes) is 3. The topological polar surface area (TPSA) is 94.8 Å². The first-order valence-electron chi connectivity index (χ1n) is 9.70. The molecule has 0 heterocycles. The Bertz CT molecular complexity index is 432. The van der Waals surface area contributed by atoms with E-state index < -0.39 is 18.2 Å². The zero-order chi connectivity index (χ0) is 18.7. The quantitative estimate of drug-likeness (QED) is 0.348. The van der Waals surface area contributed by atoms with Crippen molar-refractivity contribution in [1.29, 1.82) is 0 Å². The van der Waals surface area contributed by atoms with Gasteiger partial charge in [-0.3, -0.25) is 9.59 Å². The van der Waals surface area contributed by atoms with Crippen LogP contribution in [0.3, 0.4) is 0 Å². The SMILES string of the molecule is CCCCCC(=O)CC[C@@H]1[C@@H](C/C=C/CCCC(=O)O)[C@H](O)C[C@@H]1O. The second kappa shape index (κ2) is 12.2. The summed E-state index contributed by atoms with van der Waals surface area (Å²) in [6.07, 6.45) is 10.2. The number of carboxylic acid groups (broad SMARTS) is 1. The Hall–Kier alpha value is -1.20. The summed E-state index contributed by atoms with van der Waals surface area (Å²) in [6, 6.07) is 0. The molecular formula is C20H34O5. The Kier molecular flexibility index (Phi) is 10.7. The van der Waals surface area contributed by atoms with Gasteiger partial charge in [0.15, 0.2) is 0 Å². The van der Waals surface area contributed by atoms with Crippen LogP contribution in [0.2, 0.25) is 0 Å². The maximum Gasteiger partial charge on any atom is 0.303 e. The van der Waals surface area contributed by atoms with Crippen LogP contribution >= 0.6 is 0 Å². The number of carboxylic acids is 1. The summed E-state index contributed by atoms with van der Waals surface area (Å²) >= 11 is 0. The molecule has 25 heavy (non-hydrogen) atoms. The van der Waals surface area contributed by atoms with E-state index in [4.69, 9.17) is 5.11 Å². The van der Waals surface area contributed by atoms with E-state index in [-0.39, 0.29) is 24.0 Å². The number of rotatable bonds is 13. The maximum absolute atomic E-state index is 12.0. The highest BCUT2D eigenvalue weighted by atomic mass is 16.4. The van der Waals surface area contributed by atoms with E-state index >= 15 is 0 Å². The smallest absolute Gasteiger partial charge is 0.303 e. The first-order valence-corrected chi connectivity index (χ1v) is 9.70. The van der Waals surface area contributed by atoms with E-state index in [1.165, 1.54) is 0 Å². The van der Waals surface area contributed by atoms with Crippen molar-refractivity contribution in [2.45, 2.75) is 89.8 Å². The van der Waals surface area contributed by atoms with E-state index in [0.717, 1.165) is 19.3 Å². The minimum atomic E-state index is -0.786. The van der Waals surface area contributed by atoms with Gasteiger partial charge >= 0.3 is 5.97 Å². The lowest BCUT2D eigenvalue weighted by molar-refractivity contribution is -0.137. The molecule has 144 valence electrons. The molecule has 4 atom stereocenters. The van der Waals surface area contributed by atoms with Crippen molar-refractivity contribution >= 4 is 11.8 Å². The summed E-state index contributed by atoms with van der Waals surface area (Å²) in [7, 11) is 0. The Morgan fingerprint density at radius 3 is 2.36 bits per heavy atom. The molecule has 0 aromatic carbocycles. The van der Waals surface area contributed by atoms with Crippen LogP contribution in [0.4, 0.5) is 0 Å². The van der Waals surface area contributed by atoms with Gasteiger partial charge in [0.05, 0.1) is 12.2 Å². The van der Waals surface area contributed by atoms with Gasteiger partial charge in [-0.2, -0.15) is 0 Å². The number of aliphatic carboxylic acids is 1. The molecule has 0 saturated heterocycles. The Balaban J connectivity index is 2.38. The fraction of sp³-hybridized carbons (Fsp3) is 0.800. The van der Waals surface area contributed by atoms with Crippen molar-refractivity contribution in [3.8, 4) is 0 Å². The summed E-state index contributed by atoms with van der Waals surface area (Å²) in [5.41, 5.74) is 0. The third-order valence-electron chi connectivity index (χ3n) is 5.17. The number of hydrogen-bond acceptors (Lipinski definition) is 4. The van der Waals surface area contributed by atoms with Crippen LogP contribution in [-0.4, -0.2) is 39.3 Å². The fourth-order valence-corrected chi connectivity index (χ4v) is 3.67. The first kappa shape index (κ1) is 21.8. The van der Waals surface area contributed by atoms with E-state index in [0.29, 0.717) is 44.9 Å². The van der Waals surface area contributed by atoms with Gasteiger partial charge in [0.25, 0.3) is 0 Å². The number of carbonyl (C=O) groups excluding carboxylic acids is 1. The summed E-state index contributed by atoms with van der Waals surface area (Å²) in [6.45, 7) is 2.11. The summed E-state index contributed by atoms with van der Waals surface area (Å²) in [5.74, 6) is -0.584. The molecule has 3 N–H and O–H groups in total. The summed E-state index contributed by atoms with van der Waals surface area (Å²) in [4.78, 5) is 22.4. The van der Waals surface area contributed by atoms with E-state index in [1.54, 1.807) is 0 Å². The summed E-state index contributed by atoms with van der Waals surface area (Å²) in [5, 5.41) is 29.0. The lowest BCUT2D eigenvalue weighted by Crippen LogP contribution is -2.22. The number of hydrogen-bond donors (Lipinski definition) is 3. The van der Waals surface area contributed by atoms with Crippen LogP contribution in [-0.2, 0) is 9.59 Å². The van der Waals surface area contributed by atoms with Gasteiger partial charge in [0.2, 0.25) is 0 Å². The van der Waals surface area contributed by atoms with Crippen LogP contribution < -0.4 is 0 Å². The Morgan fingerprint density at radius 2 is 1.68 bits per heavy atom. The first-order chi connectivity index (χ1) is 12.0. The van der Waals surface area contributed by atoms with Crippen molar-refractivity contribution in [3.05, 3.63) is 12.2 Å². The molecular weight excluding hydrogens is 320 g/mol. The normalized spacial score (nSPS) is 26.4. The zero-order valence-electron chi connectivity index (χ0n) is 15.4. The second-order valence-corrected chi connectivity index (χ2v) is 7.23. The van der Waals surface area contributed by atoms with Gasteiger partial charge in [-0.25, -0.2) is 0 Å². The van der Waals surface area contributed by atoms with Crippen molar-refractivity contribution < 1.29 is 24.9 Å². The highest BCUT2D eigenvalue weighted by Gasteiger charge is 2.40. The molecule has 0 radical (unpaired) electrons. The summed E-state index contributed by atoms with van der Waals surface area (Å²) < 4.78 is 0. The second-order valence-electron chi connectivity index (χ2n) is 7.23. The number of aliphatic hydroxyl groups excluding tert-OH is 2. The van der Waals surface area contributed by atoms with E-state index in [2.05, 4.69) is 6.92 Å². The number of ketones is 1. The Labute approximate surface area is 151 Å². The molecule has 1 rings (SSSR count). The minimum Gasteiger partial charge on any atom is -0.481 e. The number of carbonyl (C=O) groups is 2. The monoisotopic (exact) mass is 354 g/mol. The predicted octanol–water partition coefficient (Wildman–Crippen LogP) is 3.48. The molecule has 0 bridgehead atoms. The molecule has 1 fully saturated rings. The van der Waals surface area contributed by atoms with Crippen molar-refractivity contribution in [2.24, 2.45) is 11.8 Å². The third kappa shape index (κ3) is 8.63.